The molecule has 0 aliphatic carbocycles. The lowest BCUT2D eigenvalue weighted by atomic mass is 10.0. The molecule has 1 fully saturated rings. The molecular weight excluding hydrogens is 214 g/mol. The number of carbonyl (C=O) groups is 1. The van der Waals surface area contributed by atoms with Crippen molar-refractivity contribution in [3.8, 4) is 0 Å². The SMILES string of the molecule is Cc1ccc(C(=O)N2C(C)OCC2(C)C)cc1. The van der Waals surface area contributed by atoms with E-state index in [0.717, 1.165) is 11.1 Å². The van der Waals surface area contributed by atoms with Crippen LogP contribution in [-0.2, 0) is 4.74 Å². The highest BCUT2D eigenvalue weighted by Gasteiger charge is 2.41. The number of hydrogen-bond donors (Lipinski definition) is 0. The van der Waals surface area contributed by atoms with E-state index in [2.05, 4.69) is 0 Å². The normalized spacial score (nSPS) is 22.8. The fourth-order valence-electron chi connectivity index (χ4n) is 2.24. The average Bonchev–Trinajstić information content (AvgIpc) is 2.53. The van der Waals surface area contributed by atoms with Gasteiger partial charge in [0, 0.05) is 5.56 Å². The zero-order valence-electron chi connectivity index (χ0n) is 10.9. The molecule has 3 heteroatoms. The van der Waals surface area contributed by atoms with Gasteiger partial charge in [0.05, 0.1) is 12.1 Å². The van der Waals surface area contributed by atoms with E-state index in [1.165, 1.54) is 0 Å². The Morgan fingerprint density at radius 2 is 1.94 bits per heavy atom. The molecule has 0 radical (unpaired) electrons. The lowest BCUT2D eigenvalue weighted by molar-refractivity contribution is 0.0307. The molecule has 92 valence electrons. The van der Waals surface area contributed by atoms with Crippen LogP contribution in [0.5, 0.6) is 0 Å². The van der Waals surface area contributed by atoms with Gasteiger partial charge in [0.1, 0.15) is 6.23 Å². The monoisotopic (exact) mass is 233 g/mol. The molecule has 17 heavy (non-hydrogen) atoms. The number of rotatable bonds is 1. The van der Waals surface area contributed by atoms with E-state index in [0.29, 0.717) is 6.61 Å². The first-order valence-corrected chi connectivity index (χ1v) is 5.94. The van der Waals surface area contributed by atoms with Crippen molar-refractivity contribution in [2.75, 3.05) is 6.61 Å². The molecule has 0 N–H and O–H groups in total. The molecular formula is C14H19NO2. The van der Waals surface area contributed by atoms with E-state index >= 15 is 0 Å². The third-order valence-corrected chi connectivity index (χ3v) is 3.21. The van der Waals surface area contributed by atoms with Crippen LogP contribution in [0.2, 0.25) is 0 Å². The Kier molecular flexibility index (Phi) is 2.96. The largest absolute Gasteiger partial charge is 0.356 e. The van der Waals surface area contributed by atoms with E-state index in [1.54, 1.807) is 0 Å². The summed E-state index contributed by atoms with van der Waals surface area (Å²) in [5.41, 5.74) is 1.65. The van der Waals surface area contributed by atoms with E-state index < -0.39 is 0 Å². The maximum Gasteiger partial charge on any atom is 0.256 e. The number of carbonyl (C=O) groups excluding carboxylic acids is 1. The summed E-state index contributed by atoms with van der Waals surface area (Å²) in [5, 5.41) is 0. The van der Waals surface area contributed by atoms with Gasteiger partial charge in [0.2, 0.25) is 0 Å². The van der Waals surface area contributed by atoms with Gasteiger partial charge in [-0.25, -0.2) is 0 Å². The Bertz CT molecular complexity index is 422. The Morgan fingerprint density at radius 3 is 2.41 bits per heavy atom. The maximum absolute atomic E-state index is 12.4. The molecule has 0 saturated carbocycles. The fourth-order valence-corrected chi connectivity index (χ4v) is 2.24. The molecule has 1 aliphatic rings. The van der Waals surface area contributed by atoms with Gasteiger partial charge in [-0.3, -0.25) is 4.79 Å². The first-order chi connectivity index (χ1) is 7.92. The highest BCUT2D eigenvalue weighted by Crippen LogP contribution is 2.28. The molecule has 1 heterocycles. The van der Waals surface area contributed by atoms with E-state index in [4.69, 9.17) is 4.74 Å². The molecule has 0 spiro atoms. The Morgan fingerprint density at radius 1 is 1.35 bits per heavy atom. The molecule has 0 bridgehead atoms. The Labute approximate surface area is 102 Å². The van der Waals surface area contributed by atoms with Crippen molar-refractivity contribution in [3.63, 3.8) is 0 Å². The quantitative estimate of drug-likeness (QED) is 0.746. The minimum atomic E-state index is -0.235. The summed E-state index contributed by atoms with van der Waals surface area (Å²) in [6.07, 6.45) is -0.154. The van der Waals surface area contributed by atoms with Gasteiger partial charge < -0.3 is 9.64 Å². The Balaban J connectivity index is 2.28. The zero-order valence-corrected chi connectivity index (χ0v) is 10.9. The van der Waals surface area contributed by atoms with Crippen molar-refractivity contribution >= 4 is 5.91 Å². The van der Waals surface area contributed by atoms with E-state index in [9.17, 15) is 4.79 Å². The minimum absolute atomic E-state index is 0.0417. The van der Waals surface area contributed by atoms with Crippen LogP contribution >= 0.6 is 0 Å². The topological polar surface area (TPSA) is 29.5 Å². The van der Waals surface area contributed by atoms with Gasteiger partial charge in [-0.05, 0) is 39.8 Å². The molecule has 1 amide bonds. The summed E-state index contributed by atoms with van der Waals surface area (Å²) in [6.45, 7) is 8.58. The van der Waals surface area contributed by atoms with Crippen LogP contribution in [0.1, 0.15) is 36.7 Å². The lowest BCUT2D eigenvalue weighted by Gasteiger charge is -2.32. The number of hydrogen-bond acceptors (Lipinski definition) is 2. The predicted molar refractivity (Wildman–Crippen MR) is 66.8 cm³/mol. The summed E-state index contributed by atoms with van der Waals surface area (Å²) in [4.78, 5) is 14.2. The number of amides is 1. The van der Waals surface area contributed by atoms with Crippen molar-refractivity contribution in [3.05, 3.63) is 35.4 Å². The predicted octanol–water partition coefficient (Wildman–Crippen LogP) is 2.59. The molecule has 3 nitrogen and oxygen atoms in total. The van der Waals surface area contributed by atoms with Gasteiger partial charge in [-0.15, -0.1) is 0 Å². The second kappa shape index (κ2) is 4.15. The van der Waals surface area contributed by atoms with Gasteiger partial charge >= 0.3 is 0 Å². The molecule has 1 aromatic rings. The standard InChI is InChI=1S/C14H19NO2/c1-10-5-7-12(8-6-10)13(16)15-11(2)17-9-14(15,3)4/h5-8,11H,9H2,1-4H3. The third-order valence-electron chi connectivity index (χ3n) is 3.21. The highest BCUT2D eigenvalue weighted by molar-refractivity contribution is 5.95. The van der Waals surface area contributed by atoms with Gasteiger partial charge in [0.25, 0.3) is 5.91 Å². The van der Waals surface area contributed by atoms with Gasteiger partial charge in [-0.2, -0.15) is 0 Å². The summed E-state index contributed by atoms with van der Waals surface area (Å²) >= 11 is 0. The molecule has 1 aliphatic heterocycles. The maximum atomic E-state index is 12.4. The van der Waals surface area contributed by atoms with Crippen molar-refractivity contribution < 1.29 is 9.53 Å². The number of benzene rings is 1. The summed E-state index contributed by atoms with van der Waals surface area (Å²) in [7, 11) is 0. The highest BCUT2D eigenvalue weighted by atomic mass is 16.5. The third kappa shape index (κ3) is 2.20. The van der Waals surface area contributed by atoms with Crippen LogP contribution in [0.4, 0.5) is 0 Å². The molecule has 1 aromatic carbocycles. The number of aryl methyl sites for hydroxylation is 1. The van der Waals surface area contributed by atoms with Crippen LogP contribution in [0.15, 0.2) is 24.3 Å². The van der Waals surface area contributed by atoms with Crippen molar-refractivity contribution in [2.24, 2.45) is 0 Å². The number of nitrogens with zero attached hydrogens (tertiary/aromatic N) is 1. The van der Waals surface area contributed by atoms with Gasteiger partial charge in [0.15, 0.2) is 0 Å². The smallest absolute Gasteiger partial charge is 0.256 e. The molecule has 1 unspecified atom stereocenters. The second-order valence-corrected chi connectivity index (χ2v) is 5.26. The van der Waals surface area contributed by atoms with Crippen LogP contribution < -0.4 is 0 Å². The molecule has 1 saturated heterocycles. The van der Waals surface area contributed by atoms with Crippen molar-refractivity contribution in [2.45, 2.75) is 39.5 Å². The first-order valence-electron chi connectivity index (χ1n) is 5.94. The van der Waals surface area contributed by atoms with E-state index in [1.807, 2.05) is 56.9 Å². The van der Waals surface area contributed by atoms with Gasteiger partial charge in [-0.1, -0.05) is 17.7 Å². The first kappa shape index (κ1) is 12.1. The van der Waals surface area contributed by atoms with Crippen LogP contribution in [0, 0.1) is 6.92 Å². The molecule has 0 aromatic heterocycles. The van der Waals surface area contributed by atoms with Crippen LogP contribution in [0.25, 0.3) is 0 Å². The zero-order chi connectivity index (χ0) is 12.6. The van der Waals surface area contributed by atoms with Crippen molar-refractivity contribution in [1.29, 1.82) is 0 Å². The minimum Gasteiger partial charge on any atom is -0.356 e. The summed E-state index contributed by atoms with van der Waals surface area (Å²) in [6, 6.07) is 7.67. The second-order valence-electron chi connectivity index (χ2n) is 5.26. The fraction of sp³-hybridized carbons (Fsp3) is 0.500. The lowest BCUT2D eigenvalue weighted by Crippen LogP contribution is -2.47. The summed E-state index contributed by atoms with van der Waals surface area (Å²) < 4.78 is 5.55. The van der Waals surface area contributed by atoms with Crippen LogP contribution in [0.3, 0.4) is 0 Å². The molecule has 2 rings (SSSR count). The number of ether oxygens (including phenoxy) is 1. The molecule has 1 atom stereocenters. The van der Waals surface area contributed by atoms with Crippen molar-refractivity contribution in [1.82, 2.24) is 4.90 Å². The summed E-state index contributed by atoms with van der Waals surface area (Å²) in [5.74, 6) is 0.0417. The Hall–Kier alpha value is -1.35. The van der Waals surface area contributed by atoms with Crippen LogP contribution in [-0.4, -0.2) is 29.2 Å². The average molecular weight is 233 g/mol. The van der Waals surface area contributed by atoms with E-state index in [-0.39, 0.29) is 17.7 Å².